The SMILES string of the molecule is CCCC(NC(=O)OCC(C)(C)C)C(=O)NC(CCC)C(=O)OCCCC(C)C. The molecule has 7 heteroatoms. The van der Waals surface area contributed by atoms with Gasteiger partial charge in [-0.3, -0.25) is 4.79 Å². The maximum atomic E-state index is 12.7. The molecule has 2 N–H and O–H groups in total. The molecule has 170 valence electrons. The van der Waals surface area contributed by atoms with Crippen molar-refractivity contribution >= 4 is 18.0 Å². The van der Waals surface area contributed by atoms with Gasteiger partial charge in [-0.15, -0.1) is 0 Å². The predicted octanol–water partition coefficient (Wildman–Crippen LogP) is 4.19. The number of nitrogens with one attached hydrogen (secondary N) is 2. The summed E-state index contributed by atoms with van der Waals surface area (Å²) in [6.07, 6.45) is 3.53. The molecule has 0 spiro atoms. The standard InChI is InChI=1S/C22H42N2O5/c1-8-11-17(24-21(27)29-15-22(5,6)7)19(25)23-18(12-9-2)20(26)28-14-10-13-16(3)4/h16-18H,8-15H2,1-7H3,(H,23,25)(H,24,27). The maximum absolute atomic E-state index is 12.7. The van der Waals surface area contributed by atoms with Gasteiger partial charge in [0.2, 0.25) is 5.91 Å². The van der Waals surface area contributed by atoms with Crippen molar-refractivity contribution in [3.63, 3.8) is 0 Å². The number of rotatable bonds is 13. The van der Waals surface area contributed by atoms with Crippen LogP contribution in [0.4, 0.5) is 4.79 Å². The van der Waals surface area contributed by atoms with Crippen LogP contribution in [-0.4, -0.2) is 43.3 Å². The van der Waals surface area contributed by atoms with Crippen molar-refractivity contribution in [1.29, 1.82) is 0 Å². The van der Waals surface area contributed by atoms with Gasteiger partial charge in [0.25, 0.3) is 0 Å². The molecular formula is C22H42N2O5. The monoisotopic (exact) mass is 414 g/mol. The molecule has 0 fully saturated rings. The fourth-order valence-electron chi connectivity index (χ4n) is 2.60. The molecule has 0 aliphatic rings. The number of hydrogen-bond donors (Lipinski definition) is 2. The number of carbonyl (C=O) groups is 3. The summed E-state index contributed by atoms with van der Waals surface area (Å²) in [6.45, 7) is 14.6. The van der Waals surface area contributed by atoms with Crippen molar-refractivity contribution < 1.29 is 23.9 Å². The molecule has 0 rings (SSSR count). The van der Waals surface area contributed by atoms with E-state index in [1.807, 2.05) is 34.6 Å². The molecule has 29 heavy (non-hydrogen) atoms. The van der Waals surface area contributed by atoms with Gasteiger partial charge >= 0.3 is 12.1 Å². The zero-order chi connectivity index (χ0) is 22.4. The average molecular weight is 415 g/mol. The predicted molar refractivity (Wildman–Crippen MR) is 115 cm³/mol. The number of carbonyl (C=O) groups excluding carboxylic acids is 3. The first-order valence-corrected chi connectivity index (χ1v) is 10.9. The van der Waals surface area contributed by atoms with Crippen molar-refractivity contribution in [3.05, 3.63) is 0 Å². The Balaban J connectivity index is 4.77. The molecular weight excluding hydrogens is 372 g/mol. The van der Waals surface area contributed by atoms with Crippen LogP contribution < -0.4 is 10.6 Å². The van der Waals surface area contributed by atoms with Crippen molar-refractivity contribution in [2.24, 2.45) is 11.3 Å². The number of amides is 2. The molecule has 0 aliphatic carbocycles. The molecule has 0 saturated heterocycles. The Bertz CT molecular complexity index is 500. The van der Waals surface area contributed by atoms with Crippen LogP contribution in [-0.2, 0) is 19.1 Å². The smallest absolute Gasteiger partial charge is 0.407 e. The lowest BCUT2D eigenvalue weighted by Crippen LogP contribution is -2.52. The van der Waals surface area contributed by atoms with Crippen LogP contribution in [0.1, 0.15) is 87.0 Å². The lowest BCUT2D eigenvalue weighted by molar-refractivity contribution is -0.148. The highest BCUT2D eigenvalue weighted by atomic mass is 16.5. The molecule has 0 saturated carbocycles. The molecule has 7 nitrogen and oxygen atoms in total. The number of alkyl carbamates (subject to hydrolysis) is 1. The summed E-state index contributed by atoms with van der Waals surface area (Å²) >= 11 is 0. The van der Waals surface area contributed by atoms with Crippen LogP contribution >= 0.6 is 0 Å². The highest BCUT2D eigenvalue weighted by Gasteiger charge is 2.27. The van der Waals surface area contributed by atoms with Gasteiger partial charge in [0, 0.05) is 0 Å². The summed E-state index contributed by atoms with van der Waals surface area (Å²) in [5.74, 6) is -0.259. The molecule has 2 amide bonds. The average Bonchev–Trinajstić information content (AvgIpc) is 2.61. The Labute approximate surface area is 176 Å². The summed E-state index contributed by atoms with van der Waals surface area (Å²) in [6, 6.07) is -1.46. The Morgan fingerprint density at radius 1 is 0.862 bits per heavy atom. The molecule has 0 aromatic heterocycles. The van der Waals surface area contributed by atoms with Crippen molar-refractivity contribution in [3.8, 4) is 0 Å². The number of ether oxygens (including phenoxy) is 2. The molecule has 0 aromatic rings. The van der Waals surface area contributed by atoms with Crippen LogP contribution in [0.3, 0.4) is 0 Å². The second-order valence-corrected chi connectivity index (χ2v) is 9.18. The van der Waals surface area contributed by atoms with Gasteiger partial charge in [-0.2, -0.15) is 0 Å². The number of esters is 1. The van der Waals surface area contributed by atoms with Gasteiger partial charge < -0.3 is 20.1 Å². The molecule has 0 aromatic carbocycles. The molecule has 2 atom stereocenters. The van der Waals surface area contributed by atoms with Crippen molar-refractivity contribution in [2.45, 2.75) is 99.1 Å². The number of hydrogen-bond acceptors (Lipinski definition) is 5. The van der Waals surface area contributed by atoms with Crippen LogP contribution in [0.2, 0.25) is 0 Å². The minimum absolute atomic E-state index is 0.161. The summed E-state index contributed by atoms with van der Waals surface area (Å²) in [5.41, 5.74) is -0.161. The highest BCUT2D eigenvalue weighted by molar-refractivity contribution is 5.89. The lowest BCUT2D eigenvalue weighted by atomic mass is 9.99. The Hall–Kier alpha value is -1.79. The van der Waals surface area contributed by atoms with Crippen molar-refractivity contribution in [1.82, 2.24) is 10.6 Å². The van der Waals surface area contributed by atoms with Crippen LogP contribution in [0, 0.1) is 11.3 Å². The second-order valence-electron chi connectivity index (χ2n) is 9.18. The van der Waals surface area contributed by atoms with E-state index in [0.29, 0.717) is 31.8 Å². The normalized spacial score (nSPS) is 13.5. The minimum Gasteiger partial charge on any atom is -0.464 e. The summed E-state index contributed by atoms with van der Waals surface area (Å²) in [7, 11) is 0. The van der Waals surface area contributed by atoms with E-state index in [1.54, 1.807) is 0 Å². The largest absolute Gasteiger partial charge is 0.464 e. The minimum atomic E-state index is -0.749. The topological polar surface area (TPSA) is 93.7 Å². The van der Waals surface area contributed by atoms with Gasteiger partial charge in [0.15, 0.2) is 0 Å². The lowest BCUT2D eigenvalue weighted by Gasteiger charge is -2.23. The summed E-state index contributed by atoms with van der Waals surface area (Å²) in [5, 5.41) is 5.36. The van der Waals surface area contributed by atoms with E-state index in [2.05, 4.69) is 24.5 Å². The summed E-state index contributed by atoms with van der Waals surface area (Å²) in [4.78, 5) is 37.1. The molecule has 2 unspecified atom stereocenters. The fourth-order valence-corrected chi connectivity index (χ4v) is 2.60. The van der Waals surface area contributed by atoms with Gasteiger partial charge in [-0.05, 0) is 37.0 Å². The highest BCUT2D eigenvalue weighted by Crippen LogP contribution is 2.13. The van der Waals surface area contributed by atoms with Crippen LogP contribution in [0.15, 0.2) is 0 Å². The van der Waals surface area contributed by atoms with Crippen molar-refractivity contribution in [2.75, 3.05) is 13.2 Å². The Kier molecular flexibility index (Phi) is 13.4. The van der Waals surface area contributed by atoms with E-state index < -0.39 is 30.1 Å². The van der Waals surface area contributed by atoms with E-state index in [0.717, 1.165) is 19.3 Å². The van der Waals surface area contributed by atoms with E-state index in [1.165, 1.54) is 0 Å². The van der Waals surface area contributed by atoms with Gasteiger partial charge in [0.05, 0.1) is 13.2 Å². The van der Waals surface area contributed by atoms with E-state index >= 15 is 0 Å². The Morgan fingerprint density at radius 3 is 1.97 bits per heavy atom. The van der Waals surface area contributed by atoms with E-state index in [9.17, 15) is 14.4 Å². The first-order chi connectivity index (χ1) is 13.5. The van der Waals surface area contributed by atoms with Crippen LogP contribution in [0.5, 0.6) is 0 Å². The zero-order valence-electron chi connectivity index (χ0n) is 19.4. The fraction of sp³-hybridized carbons (Fsp3) is 0.864. The quantitative estimate of drug-likeness (QED) is 0.348. The van der Waals surface area contributed by atoms with E-state index in [-0.39, 0.29) is 12.0 Å². The Morgan fingerprint density at radius 2 is 1.45 bits per heavy atom. The molecule has 0 aliphatic heterocycles. The molecule has 0 bridgehead atoms. The van der Waals surface area contributed by atoms with Crippen LogP contribution in [0.25, 0.3) is 0 Å². The first kappa shape index (κ1) is 27.2. The third-order valence-electron chi connectivity index (χ3n) is 4.17. The zero-order valence-corrected chi connectivity index (χ0v) is 19.4. The van der Waals surface area contributed by atoms with Gasteiger partial charge in [-0.25, -0.2) is 9.59 Å². The second kappa shape index (κ2) is 14.2. The van der Waals surface area contributed by atoms with Gasteiger partial charge in [0.1, 0.15) is 12.1 Å². The molecule has 0 heterocycles. The first-order valence-electron chi connectivity index (χ1n) is 10.9. The maximum Gasteiger partial charge on any atom is 0.407 e. The van der Waals surface area contributed by atoms with E-state index in [4.69, 9.17) is 9.47 Å². The molecule has 0 radical (unpaired) electrons. The summed E-state index contributed by atoms with van der Waals surface area (Å²) < 4.78 is 10.5. The third-order valence-corrected chi connectivity index (χ3v) is 4.17. The van der Waals surface area contributed by atoms with Gasteiger partial charge in [-0.1, -0.05) is 61.3 Å². The third kappa shape index (κ3) is 13.9.